The Morgan fingerprint density at radius 1 is 1.14 bits per heavy atom. The number of rotatable bonds is 6. The Morgan fingerprint density at radius 2 is 1.93 bits per heavy atom. The van der Waals surface area contributed by atoms with E-state index in [0.29, 0.717) is 18.7 Å². The lowest BCUT2D eigenvalue weighted by atomic mass is 10.1. The molecule has 28 heavy (non-hydrogen) atoms. The number of ketones is 1. The van der Waals surface area contributed by atoms with E-state index < -0.39 is 34.2 Å². The molecule has 2 aromatic carbocycles. The molecule has 1 aliphatic rings. The number of carbonyl (C=O) groups is 2. The van der Waals surface area contributed by atoms with Crippen LogP contribution in [0, 0.1) is 5.82 Å². The topological polar surface area (TPSA) is 90.0 Å². The second-order valence-electron chi connectivity index (χ2n) is 6.14. The zero-order chi connectivity index (χ0) is 20.3. The molecule has 2 aromatic rings. The lowest BCUT2D eigenvalue weighted by molar-refractivity contribution is 0.0474. The van der Waals surface area contributed by atoms with Gasteiger partial charge in [0, 0.05) is 12.1 Å². The maximum atomic E-state index is 13.7. The van der Waals surface area contributed by atoms with Crippen molar-refractivity contribution in [3.8, 4) is 5.75 Å². The van der Waals surface area contributed by atoms with Crippen LogP contribution in [-0.4, -0.2) is 46.2 Å². The minimum Gasteiger partial charge on any atom is -0.494 e. The average Bonchev–Trinajstić information content (AvgIpc) is 3.04. The van der Waals surface area contributed by atoms with Crippen LogP contribution in [0.2, 0.25) is 0 Å². The van der Waals surface area contributed by atoms with Gasteiger partial charge in [0.05, 0.1) is 24.1 Å². The molecule has 0 saturated carbocycles. The van der Waals surface area contributed by atoms with Gasteiger partial charge in [-0.1, -0.05) is 6.07 Å². The van der Waals surface area contributed by atoms with Gasteiger partial charge in [-0.15, -0.1) is 0 Å². The van der Waals surface area contributed by atoms with E-state index in [9.17, 15) is 22.4 Å². The number of hydrogen-bond donors (Lipinski definition) is 0. The maximum absolute atomic E-state index is 13.7. The fraction of sp³-hybridized carbons (Fsp3) is 0.263. The highest BCUT2D eigenvalue weighted by molar-refractivity contribution is 7.93. The van der Waals surface area contributed by atoms with Gasteiger partial charge in [-0.2, -0.15) is 0 Å². The number of nitrogens with zero attached hydrogens (tertiary/aromatic N) is 1. The molecule has 0 atom stereocenters. The number of hydrogen-bond acceptors (Lipinski definition) is 6. The second-order valence-corrected chi connectivity index (χ2v) is 8.15. The minimum absolute atomic E-state index is 0.00206. The van der Waals surface area contributed by atoms with Crippen LogP contribution < -0.4 is 9.04 Å². The second kappa shape index (κ2) is 7.97. The summed E-state index contributed by atoms with van der Waals surface area (Å²) < 4.78 is 48.7. The van der Waals surface area contributed by atoms with Crippen LogP contribution in [0.3, 0.4) is 0 Å². The normalized spacial score (nSPS) is 15.3. The maximum Gasteiger partial charge on any atom is 0.338 e. The van der Waals surface area contributed by atoms with Crippen molar-refractivity contribution in [3.63, 3.8) is 0 Å². The first-order valence-electron chi connectivity index (χ1n) is 8.46. The monoisotopic (exact) mass is 407 g/mol. The predicted molar refractivity (Wildman–Crippen MR) is 99.8 cm³/mol. The van der Waals surface area contributed by atoms with Crippen molar-refractivity contribution >= 4 is 27.5 Å². The smallest absolute Gasteiger partial charge is 0.338 e. The van der Waals surface area contributed by atoms with E-state index in [2.05, 4.69) is 0 Å². The summed E-state index contributed by atoms with van der Waals surface area (Å²) in [6, 6.07) is 9.69. The summed E-state index contributed by atoms with van der Waals surface area (Å²) in [4.78, 5) is 24.4. The highest BCUT2D eigenvalue weighted by Gasteiger charge is 2.28. The fourth-order valence-electron chi connectivity index (χ4n) is 2.86. The number of ether oxygens (including phenoxy) is 2. The first-order chi connectivity index (χ1) is 13.3. The third kappa shape index (κ3) is 4.14. The number of halogens is 1. The van der Waals surface area contributed by atoms with Crippen molar-refractivity contribution < 1.29 is 31.9 Å². The van der Waals surface area contributed by atoms with E-state index >= 15 is 0 Å². The van der Waals surface area contributed by atoms with Crippen molar-refractivity contribution in [3.05, 3.63) is 59.4 Å². The van der Waals surface area contributed by atoms with Gasteiger partial charge in [-0.05, 0) is 42.8 Å². The summed E-state index contributed by atoms with van der Waals surface area (Å²) in [5, 5.41) is 0. The Morgan fingerprint density at radius 3 is 2.57 bits per heavy atom. The number of benzene rings is 2. The van der Waals surface area contributed by atoms with E-state index in [0.717, 1.165) is 6.07 Å². The van der Waals surface area contributed by atoms with E-state index in [1.54, 1.807) is 12.1 Å². The minimum atomic E-state index is -3.37. The van der Waals surface area contributed by atoms with E-state index in [-0.39, 0.29) is 22.6 Å². The summed E-state index contributed by atoms with van der Waals surface area (Å²) in [6.07, 6.45) is 0.518. The molecule has 0 bridgehead atoms. The SMILES string of the molecule is COc1ccc(C(=O)COC(=O)c2cccc(N3CCCS3(=O)=O)c2)cc1F. The number of esters is 1. The molecule has 0 unspecified atom stereocenters. The molecule has 1 fully saturated rings. The average molecular weight is 407 g/mol. The molecule has 148 valence electrons. The Hall–Kier alpha value is -2.94. The van der Waals surface area contributed by atoms with Crippen LogP contribution in [0.1, 0.15) is 27.1 Å². The standard InChI is InChI=1S/C19H18FNO6S/c1-26-18-7-6-13(11-16(18)20)17(22)12-27-19(23)14-4-2-5-15(10-14)21-8-3-9-28(21,24)25/h2,4-7,10-11H,3,8-9,12H2,1H3. The molecule has 0 spiro atoms. The van der Waals surface area contributed by atoms with Gasteiger partial charge in [0.1, 0.15) is 0 Å². The largest absolute Gasteiger partial charge is 0.494 e. The molecule has 1 saturated heterocycles. The Balaban J connectivity index is 1.67. The summed E-state index contributed by atoms with van der Waals surface area (Å²) in [6.45, 7) is -0.223. The Labute approximate surface area is 161 Å². The molecule has 9 heteroatoms. The zero-order valence-electron chi connectivity index (χ0n) is 15.1. The summed E-state index contributed by atoms with van der Waals surface area (Å²) >= 11 is 0. The highest BCUT2D eigenvalue weighted by Crippen LogP contribution is 2.25. The van der Waals surface area contributed by atoms with Crippen molar-refractivity contribution in [2.24, 2.45) is 0 Å². The van der Waals surface area contributed by atoms with Crippen molar-refractivity contribution in [1.29, 1.82) is 0 Å². The Kier molecular flexibility index (Phi) is 5.64. The van der Waals surface area contributed by atoms with Gasteiger partial charge in [-0.3, -0.25) is 9.10 Å². The number of anilines is 1. The molecular formula is C19H18FNO6S. The third-order valence-corrected chi connectivity index (χ3v) is 6.15. The van der Waals surface area contributed by atoms with E-state index in [1.165, 1.54) is 35.7 Å². The molecule has 0 aromatic heterocycles. The number of sulfonamides is 1. The summed E-state index contributed by atoms with van der Waals surface area (Å²) in [5.41, 5.74) is 0.534. The third-order valence-electron chi connectivity index (χ3n) is 4.28. The quantitative estimate of drug-likeness (QED) is 0.540. The fourth-order valence-corrected chi connectivity index (χ4v) is 4.41. The van der Waals surface area contributed by atoms with Gasteiger partial charge >= 0.3 is 5.97 Å². The number of methoxy groups -OCH3 is 1. The van der Waals surface area contributed by atoms with Crippen LogP contribution in [0.5, 0.6) is 5.75 Å². The molecule has 0 aliphatic carbocycles. The zero-order valence-corrected chi connectivity index (χ0v) is 15.9. The summed E-state index contributed by atoms with van der Waals surface area (Å²) in [7, 11) is -2.06. The van der Waals surface area contributed by atoms with Crippen molar-refractivity contribution in [2.45, 2.75) is 6.42 Å². The van der Waals surface area contributed by atoms with E-state index in [4.69, 9.17) is 9.47 Å². The highest BCUT2D eigenvalue weighted by atomic mass is 32.2. The van der Waals surface area contributed by atoms with Gasteiger partial charge < -0.3 is 9.47 Å². The molecule has 0 N–H and O–H groups in total. The molecule has 1 aliphatic heterocycles. The lowest BCUT2D eigenvalue weighted by Crippen LogP contribution is -2.25. The van der Waals surface area contributed by atoms with Crippen LogP contribution >= 0.6 is 0 Å². The van der Waals surface area contributed by atoms with Crippen LogP contribution in [0.25, 0.3) is 0 Å². The van der Waals surface area contributed by atoms with E-state index in [1.807, 2.05) is 0 Å². The lowest BCUT2D eigenvalue weighted by Gasteiger charge is -2.17. The molecule has 3 rings (SSSR count). The van der Waals surface area contributed by atoms with Gasteiger partial charge in [0.25, 0.3) is 0 Å². The molecule has 0 radical (unpaired) electrons. The Bertz CT molecular complexity index is 1020. The molecule has 1 heterocycles. The first kappa shape index (κ1) is 19.8. The van der Waals surface area contributed by atoms with Crippen molar-refractivity contribution in [2.75, 3.05) is 30.3 Å². The van der Waals surface area contributed by atoms with Crippen LogP contribution in [-0.2, 0) is 14.8 Å². The molecule has 7 nitrogen and oxygen atoms in total. The molecular weight excluding hydrogens is 389 g/mol. The van der Waals surface area contributed by atoms with Crippen LogP contribution in [0.15, 0.2) is 42.5 Å². The first-order valence-corrected chi connectivity index (χ1v) is 10.1. The van der Waals surface area contributed by atoms with Gasteiger partial charge in [0.15, 0.2) is 24.0 Å². The van der Waals surface area contributed by atoms with Crippen LogP contribution in [0.4, 0.5) is 10.1 Å². The number of Topliss-reactive ketones (excluding diaryl/α,β-unsaturated/α-hetero) is 1. The molecule has 0 amide bonds. The number of carbonyl (C=O) groups excluding carboxylic acids is 2. The van der Waals surface area contributed by atoms with Gasteiger partial charge in [-0.25, -0.2) is 17.6 Å². The summed E-state index contributed by atoms with van der Waals surface area (Å²) in [5.74, 6) is -1.98. The predicted octanol–water partition coefficient (Wildman–Crippen LogP) is 2.41. The van der Waals surface area contributed by atoms with Gasteiger partial charge in [0.2, 0.25) is 10.0 Å². The van der Waals surface area contributed by atoms with Crippen molar-refractivity contribution in [1.82, 2.24) is 0 Å².